The summed E-state index contributed by atoms with van der Waals surface area (Å²) in [5, 5.41) is 10.7. The number of anilines is 1. The number of nitrogens with zero attached hydrogens (tertiary/aromatic N) is 3. The number of rotatable bonds is 7. The Morgan fingerprint density at radius 3 is 2.30 bits per heavy atom. The van der Waals surface area contributed by atoms with Gasteiger partial charge in [0.05, 0.1) is 11.4 Å². The van der Waals surface area contributed by atoms with Crippen LogP contribution in [0.4, 0.5) is 10.6 Å². The Morgan fingerprint density at radius 2 is 1.76 bits per heavy atom. The van der Waals surface area contributed by atoms with E-state index >= 15 is 0 Å². The number of aryl methyl sites for hydroxylation is 1. The maximum Gasteiger partial charge on any atom is 0.318 e. The fourth-order valence-electron chi connectivity index (χ4n) is 3.22. The number of carbonyl (C=O) groups excluding carboxylic acids is 2. The van der Waals surface area contributed by atoms with Crippen LogP contribution in [-0.2, 0) is 10.2 Å². The van der Waals surface area contributed by atoms with Crippen LogP contribution in [0, 0.1) is 12.8 Å². The molecule has 2 N–H and O–H groups in total. The van der Waals surface area contributed by atoms with E-state index in [9.17, 15) is 9.59 Å². The lowest BCUT2D eigenvalue weighted by Crippen LogP contribution is -2.50. The normalized spacial score (nSPS) is 12.1. The molecule has 0 fully saturated rings. The lowest BCUT2D eigenvalue weighted by atomic mass is 9.92. The van der Waals surface area contributed by atoms with Crippen molar-refractivity contribution in [2.24, 2.45) is 5.92 Å². The Hall–Kier alpha value is -2.83. The summed E-state index contributed by atoms with van der Waals surface area (Å²) in [6, 6.07) is 9.67. The predicted octanol–water partition coefficient (Wildman–Crippen LogP) is 5.27. The van der Waals surface area contributed by atoms with Gasteiger partial charge in [0.25, 0.3) is 0 Å². The smallest absolute Gasteiger partial charge is 0.318 e. The zero-order valence-electron chi connectivity index (χ0n) is 21.7. The summed E-state index contributed by atoms with van der Waals surface area (Å²) in [7, 11) is 0. The fourth-order valence-corrected chi connectivity index (χ4v) is 3.22. The topological polar surface area (TPSA) is 79.3 Å². The molecule has 0 bridgehead atoms. The monoisotopic (exact) mass is 455 g/mol. The SMILES string of the molecule is Cc1cccc(-n2nc(C(C)(C)C)cc2NC(=O)CN(CCC(C)C)C(=O)NC(C)(C)C)c1. The van der Waals surface area contributed by atoms with Crippen molar-refractivity contribution in [2.45, 2.75) is 79.7 Å². The molecular weight excluding hydrogens is 414 g/mol. The zero-order valence-corrected chi connectivity index (χ0v) is 21.7. The van der Waals surface area contributed by atoms with Crippen molar-refractivity contribution in [1.29, 1.82) is 0 Å². The number of urea groups is 1. The lowest BCUT2D eigenvalue weighted by Gasteiger charge is -2.28. The molecule has 7 nitrogen and oxygen atoms in total. The molecule has 0 saturated carbocycles. The molecule has 0 radical (unpaired) electrons. The van der Waals surface area contributed by atoms with E-state index in [2.05, 4.69) is 45.3 Å². The minimum Gasteiger partial charge on any atom is -0.333 e. The first-order chi connectivity index (χ1) is 15.2. The van der Waals surface area contributed by atoms with Gasteiger partial charge in [-0.3, -0.25) is 4.79 Å². The zero-order chi connectivity index (χ0) is 25.0. The number of hydrogen-bond donors (Lipinski definition) is 2. The molecule has 0 saturated heterocycles. The first kappa shape index (κ1) is 26.4. The van der Waals surface area contributed by atoms with Crippen LogP contribution in [0.5, 0.6) is 0 Å². The first-order valence-corrected chi connectivity index (χ1v) is 11.7. The van der Waals surface area contributed by atoms with E-state index < -0.39 is 0 Å². The fraction of sp³-hybridized carbons (Fsp3) is 0.577. The average molecular weight is 456 g/mol. The van der Waals surface area contributed by atoms with E-state index in [1.54, 1.807) is 9.58 Å². The highest BCUT2D eigenvalue weighted by molar-refractivity contribution is 5.94. The van der Waals surface area contributed by atoms with Crippen LogP contribution >= 0.6 is 0 Å². The van der Waals surface area contributed by atoms with Crippen LogP contribution in [0.15, 0.2) is 30.3 Å². The van der Waals surface area contributed by atoms with E-state index in [1.807, 2.05) is 58.0 Å². The van der Waals surface area contributed by atoms with E-state index in [0.29, 0.717) is 18.3 Å². The lowest BCUT2D eigenvalue weighted by molar-refractivity contribution is -0.116. The highest BCUT2D eigenvalue weighted by atomic mass is 16.2. The molecule has 0 spiro atoms. The molecule has 33 heavy (non-hydrogen) atoms. The maximum absolute atomic E-state index is 13.1. The number of aromatic nitrogens is 2. The summed E-state index contributed by atoms with van der Waals surface area (Å²) >= 11 is 0. The van der Waals surface area contributed by atoms with Crippen molar-refractivity contribution in [3.8, 4) is 5.69 Å². The summed E-state index contributed by atoms with van der Waals surface area (Å²) in [5.74, 6) is 0.766. The number of carbonyl (C=O) groups is 2. The summed E-state index contributed by atoms with van der Waals surface area (Å²) in [6.07, 6.45) is 0.820. The summed E-state index contributed by atoms with van der Waals surface area (Å²) in [5.41, 5.74) is 2.31. The van der Waals surface area contributed by atoms with Crippen molar-refractivity contribution >= 4 is 17.8 Å². The largest absolute Gasteiger partial charge is 0.333 e. The second-order valence-corrected chi connectivity index (χ2v) is 11.2. The number of amides is 3. The van der Waals surface area contributed by atoms with Gasteiger partial charge in [-0.05, 0) is 57.7 Å². The molecule has 1 aromatic carbocycles. The van der Waals surface area contributed by atoms with Crippen LogP contribution in [-0.4, -0.2) is 45.2 Å². The van der Waals surface area contributed by atoms with Crippen molar-refractivity contribution in [1.82, 2.24) is 20.0 Å². The van der Waals surface area contributed by atoms with Crippen molar-refractivity contribution in [3.63, 3.8) is 0 Å². The van der Waals surface area contributed by atoms with Crippen LogP contribution in [0.25, 0.3) is 5.69 Å². The Balaban J connectivity index is 2.29. The van der Waals surface area contributed by atoms with E-state index in [4.69, 9.17) is 5.10 Å². The Bertz CT molecular complexity index is 964. The number of hydrogen-bond acceptors (Lipinski definition) is 3. The highest BCUT2D eigenvalue weighted by Gasteiger charge is 2.24. The minimum absolute atomic E-state index is 0.0293. The Kier molecular flexibility index (Phi) is 8.33. The maximum atomic E-state index is 13.1. The third-order valence-electron chi connectivity index (χ3n) is 5.07. The van der Waals surface area contributed by atoms with Crippen LogP contribution in [0.3, 0.4) is 0 Å². The second kappa shape index (κ2) is 10.4. The summed E-state index contributed by atoms with van der Waals surface area (Å²) in [4.78, 5) is 27.5. The van der Waals surface area contributed by atoms with Crippen molar-refractivity contribution in [3.05, 3.63) is 41.6 Å². The minimum atomic E-state index is -0.380. The third-order valence-corrected chi connectivity index (χ3v) is 5.07. The van der Waals surface area contributed by atoms with Gasteiger partial charge in [-0.2, -0.15) is 5.10 Å². The van der Waals surface area contributed by atoms with Gasteiger partial charge in [0, 0.05) is 23.6 Å². The predicted molar refractivity (Wildman–Crippen MR) is 135 cm³/mol. The summed E-state index contributed by atoms with van der Waals surface area (Å²) < 4.78 is 1.76. The molecule has 2 aromatic rings. The molecule has 7 heteroatoms. The van der Waals surface area contributed by atoms with Gasteiger partial charge < -0.3 is 15.5 Å². The second-order valence-electron chi connectivity index (χ2n) is 11.2. The molecule has 0 atom stereocenters. The first-order valence-electron chi connectivity index (χ1n) is 11.7. The molecule has 0 aliphatic carbocycles. The van der Waals surface area contributed by atoms with Crippen molar-refractivity contribution < 1.29 is 9.59 Å². The standard InChI is InChI=1S/C26H41N5O2/c1-18(2)13-14-30(24(33)28-26(7,8)9)17-23(32)27-22-16-21(25(4,5)6)29-31(22)20-12-10-11-19(3)15-20/h10-12,15-16,18H,13-14,17H2,1-9H3,(H,27,32)(H,28,33). The molecule has 1 heterocycles. The molecule has 3 amide bonds. The number of benzene rings is 1. The van der Waals surface area contributed by atoms with Crippen LogP contribution in [0.2, 0.25) is 0 Å². The number of nitrogens with one attached hydrogen (secondary N) is 2. The van der Waals surface area contributed by atoms with E-state index in [1.165, 1.54) is 0 Å². The van der Waals surface area contributed by atoms with Gasteiger partial charge >= 0.3 is 6.03 Å². The van der Waals surface area contributed by atoms with Crippen LogP contribution < -0.4 is 10.6 Å². The quantitative estimate of drug-likeness (QED) is 0.597. The van der Waals surface area contributed by atoms with E-state index in [0.717, 1.165) is 23.4 Å². The van der Waals surface area contributed by atoms with Gasteiger partial charge in [-0.1, -0.05) is 46.8 Å². The van der Waals surface area contributed by atoms with Crippen LogP contribution in [0.1, 0.15) is 73.1 Å². The average Bonchev–Trinajstić information content (AvgIpc) is 3.07. The molecular formula is C26H41N5O2. The molecule has 1 aromatic heterocycles. The van der Waals surface area contributed by atoms with Crippen molar-refractivity contribution in [2.75, 3.05) is 18.4 Å². The van der Waals surface area contributed by atoms with E-state index in [-0.39, 0.29) is 29.4 Å². The Morgan fingerprint density at radius 1 is 1.09 bits per heavy atom. The molecule has 0 aliphatic rings. The third kappa shape index (κ3) is 8.22. The van der Waals surface area contributed by atoms with Gasteiger partial charge in [0.2, 0.25) is 5.91 Å². The van der Waals surface area contributed by atoms with Gasteiger partial charge in [0.15, 0.2) is 0 Å². The van der Waals surface area contributed by atoms with Gasteiger partial charge in [0.1, 0.15) is 12.4 Å². The molecule has 182 valence electrons. The van der Waals surface area contributed by atoms with Gasteiger partial charge in [-0.15, -0.1) is 0 Å². The Labute approximate surface area is 198 Å². The molecule has 2 rings (SSSR count). The van der Waals surface area contributed by atoms with Gasteiger partial charge in [-0.25, -0.2) is 9.48 Å². The summed E-state index contributed by atoms with van der Waals surface area (Å²) in [6.45, 7) is 18.8. The molecule has 0 unspecified atom stereocenters. The molecule has 0 aliphatic heterocycles. The highest BCUT2D eigenvalue weighted by Crippen LogP contribution is 2.26.